The SMILES string of the molecule is NNC(=O)C(=O)NN.O=[N+]([O-])Nc1c([N+](=O)[O-])nn(N[N+](=O)[O-])c1[N+](=O)[O-].O=[N+]([O-])O. The molecule has 0 aliphatic heterocycles. The zero-order valence-corrected chi connectivity index (χ0v) is 14.1. The van der Waals surface area contributed by atoms with Crippen LogP contribution in [-0.4, -0.2) is 51.9 Å². The van der Waals surface area contributed by atoms with Gasteiger partial charge in [0.1, 0.15) is 4.79 Å². The molecule has 9 N–H and O–H groups in total. The van der Waals surface area contributed by atoms with Crippen LogP contribution in [0, 0.1) is 50.6 Å². The van der Waals surface area contributed by atoms with E-state index in [0.717, 1.165) is 5.53 Å². The van der Waals surface area contributed by atoms with Crippen molar-refractivity contribution in [2.24, 2.45) is 11.7 Å². The Labute approximate surface area is 164 Å². The van der Waals surface area contributed by atoms with Gasteiger partial charge in [0.2, 0.25) is 0 Å². The van der Waals surface area contributed by atoms with Crippen molar-refractivity contribution in [1.82, 2.24) is 20.7 Å². The van der Waals surface area contributed by atoms with Crippen LogP contribution in [0.4, 0.5) is 17.3 Å². The fourth-order valence-corrected chi connectivity index (χ4v) is 1.16. The summed E-state index contributed by atoms with van der Waals surface area (Å²) in [5, 5.41) is 55.4. The lowest BCUT2D eigenvalue weighted by atomic mass is 10.5. The molecule has 0 spiro atoms. The van der Waals surface area contributed by atoms with Crippen LogP contribution < -0.4 is 33.5 Å². The number of carbonyl (C=O) groups is 2. The smallest absolute Gasteiger partial charge is 0.358 e. The van der Waals surface area contributed by atoms with Crippen molar-refractivity contribution in [3.05, 3.63) is 50.6 Å². The molecule has 26 nitrogen and oxygen atoms in total. The Morgan fingerprint density at radius 2 is 1.29 bits per heavy atom. The number of hydrazine groups is 4. The number of hydrogen-bond donors (Lipinski definition) is 7. The summed E-state index contributed by atoms with van der Waals surface area (Å²) in [6, 6.07) is 0. The predicted molar refractivity (Wildman–Crippen MR) is 85.9 cm³/mol. The topological polar surface area (TPSA) is 388 Å². The zero-order chi connectivity index (χ0) is 24.9. The molecule has 1 heterocycles. The second-order valence-electron chi connectivity index (χ2n) is 3.86. The molecule has 0 saturated carbocycles. The predicted octanol–water partition coefficient (Wildman–Crippen LogP) is -4.34. The van der Waals surface area contributed by atoms with Crippen molar-refractivity contribution < 1.29 is 39.8 Å². The Morgan fingerprint density at radius 3 is 1.55 bits per heavy atom. The maximum atomic E-state index is 10.6. The molecule has 1 aromatic heterocycles. The van der Waals surface area contributed by atoms with Gasteiger partial charge in [0.25, 0.3) is 5.09 Å². The Kier molecular flexibility index (Phi) is 11.4. The third-order valence-corrected chi connectivity index (χ3v) is 2.04. The van der Waals surface area contributed by atoms with Gasteiger partial charge in [-0.1, -0.05) is 5.43 Å². The van der Waals surface area contributed by atoms with Crippen molar-refractivity contribution in [2.75, 3.05) is 11.0 Å². The molecule has 0 fully saturated rings. The first-order valence-corrected chi connectivity index (χ1v) is 6.28. The van der Waals surface area contributed by atoms with Gasteiger partial charge in [0.15, 0.2) is 10.1 Å². The molecule has 26 heteroatoms. The van der Waals surface area contributed by atoms with Gasteiger partial charge >= 0.3 is 29.1 Å². The molecule has 172 valence electrons. The minimum atomic E-state index is -1.50. The lowest BCUT2D eigenvalue weighted by Crippen LogP contribution is -2.45. The normalized spacial score (nSPS) is 8.71. The van der Waals surface area contributed by atoms with E-state index in [4.69, 9.17) is 15.3 Å². The van der Waals surface area contributed by atoms with E-state index in [1.807, 2.05) is 0 Å². The molecule has 1 rings (SSSR count). The lowest BCUT2D eigenvalue weighted by Gasteiger charge is -1.96. The average molecular weight is 459 g/mol. The molecule has 0 saturated heterocycles. The van der Waals surface area contributed by atoms with Crippen LogP contribution in [0.1, 0.15) is 0 Å². The van der Waals surface area contributed by atoms with Crippen molar-refractivity contribution >= 4 is 29.1 Å². The van der Waals surface area contributed by atoms with E-state index in [0.29, 0.717) is 0 Å². The van der Waals surface area contributed by atoms with Crippen LogP contribution in [0.2, 0.25) is 0 Å². The minimum absolute atomic E-state index is 0.177. The van der Waals surface area contributed by atoms with E-state index in [-0.39, 0.29) is 4.79 Å². The largest absolute Gasteiger partial charge is 0.452 e. The summed E-state index contributed by atoms with van der Waals surface area (Å²) in [5.74, 6) is 4.45. The van der Waals surface area contributed by atoms with Gasteiger partial charge in [-0.05, 0) is 15.4 Å². The van der Waals surface area contributed by atoms with Crippen molar-refractivity contribution in [3.8, 4) is 0 Å². The van der Waals surface area contributed by atoms with Crippen LogP contribution in [0.5, 0.6) is 0 Å². The second-order valence-corrected chi connectivity index (χ2v) is 3.86. The van der Waals surface area contributed by atoms with Gasteiger partial charge in [0.05, 0.1) is 5.03 Å². The fraction of sp³-hybridized carbons (Fsp3) is 0. The Hall–Kier alpha value is -5.53. The Bertz CT molecular complexity index is 857. The summed E-state index contributed by atoms with van der Waals surface area (Å²) in [6.07, 6.45) is 0. The summed E-state index contributed by atoms with van der Waals surface area (Å²) in [7, 11) is 0. The number of nitrogens with two attached hydrogens (primary N) is 2. The van der Waals surface area contributed by atoms with E-state index in [1.54, 1.807) is 10.9 Å². The minimum Gasteiger partial charge on any atom is -0.358 e. The van der Waals surface area contributed by atoms with Gasteiger partial charge in [-0.2, -0.15) is 0 Å². The van der Waals surface area contributed by atoms with E-state index in [1.165, 1.54) is 5.43 Å². The number of nitrogens with one attached hydrogen (secondary N) is 4. The van der Waals surface area contributed by atoms with E-state index >= 15 is 0 Å². The first kappa shape index (κ1) is 27.7. The quantitative estimate of drug-likeness (QED) is 0.0694. The Morgan fingerprint density at radius 1 is 0.871 bits per heavy atom. The third-order valence-electron chi connectivity index (χ3n) is 2.04. The standard InChI is InChI=1S/C3H2N8O8.C2H6N4O2.HNO3/c12-8(13)2-1(4-10(16)17)3(9(14)15)7(5-2)6-11(18)19;3-5-1(7)2(8)6-4;2-1(3)4/h4,6H;3-4H2,(H,5,7)(H,6,8);(H,2,3,4). The first-order chi connectivity index (χ1) is 14.2. The molecule has 0 aromatic carbocycles. The van der Waals surface area contributed by atoms with Gasteiger partial charge in [-0.3, -0.25) is 20.4 Å². The van der Waals surface area contributed by atoms with Crippen LogP contribution in [0.25, 0.3) is 0 Å². The molecule has 0 aliphatic rings. The maximum absolute atomic E-state index is 10.6. The molecule has 0 unspecified atom stereocenters. The molecule has 2 amide bonds. The molecule has 1 aromatic rings. The number of nitrogens with zero attached hydrogens (tertiary/aromatic N) is 7. The number of hydrogen-bond acceptors (Lipinski definition) is 15. The van der Waals surface area contributed by atoms with Crippen LogP contribution in [-0.2, 0) is 9.59 Å². The molecule has 0 radical (unpaired) electrons. The van der Waals surface area contributed by atoms with Crippen molar-refractivity contribution in [3.63, 3.8) is 0 Å². The third kappa shape index (κ3) is 10.4. The summed E-state index contributed by atoms with van der Waals surface area (Å²) < 4.78 is 0. The molecular formula is C5H9N13O13. The first-order valence-electron chi connectivity index (χ1n) is 6.28. The molecule has 0 atom stereocenters. The van der Waals surface area contributed by atoms with E-state index < -0.39 is 54.1 Å². The number of rotatable bonds is 6. The summed E-state index contributed by atoms with van der Waals surface area (Å²) in [6.45, 7) is 0. The zero-order valence-electron chi connectivity index (χ0n) is 14.1. The van der Waals surface area contributed by atoms with E-state index in [2.05, 4.69) is 16.8 Å². The van der Waals surface area contributed by atoms with Crippen molar-refractivity contribution in [2.45, 2.75) is 0 Å². The van der Waals surface area contributed by atoms with Gasteiger partial charge in [-0.25, -0.2) is 21.8 Å². The average Bonchev–Trinajstić information content (AvgIpc) is 2.97. The highest BCUT2D eigenvalue weighted by atomic mass is 16.9. The molecular weight excluding hydrogens is 450 g/mol. The molecule has 0 bridgehead atoms. The van der Waals surface area contributed by atoms with Gasteiger partial charge in [-0.15, -0.1) is 10.1 Å². The summed E-state index contributed by atoms with van der Waals surface area (Å²) in [4.78, 5) is 67.1. The van der Waals surface area contributed by atoms with E-state index in [9.17, 15) is 50.0 Å². The highest BCUT2D eigenvalue weighted by Gasteiger charge is 2.41. The fourth-order valence-electron chi connectivity index (χ4n) is 1.16. The maximum Gasteiger partial charge on any atom is 0.452 e. The molecule has 0 aliphatic carbocycles. The van der Waals surface area contributed by atoms with Crippen LogP contribution in [0.15, 0.2) is 0 Å². The highest BCUT2D eigenvalue weighted by molar-refractivity contribution is 6.34. The van der Waals surface area contributed by atoms with Crippen LogP contribution >= 0.6 is 0 Å². The van der Waals surface area contributed by atoms with Crippen molar-refractivity contribution in [1.29, 1.82) is 0 Å². The Balaban J connectivity index is 0. The van der Waals surface area contributed by atoms with Crippen LogP contribution in [0.3, 0.4) is 0 Å². The van der Waals surface area contributed by atoms with Gasteiger partial charge < -0.3 is 35.6 Å². The monoisotopic (exact) mass is 459 g/mol. The van der Waals surface area contributed by atoms with Gasteiger partial charge in [0, 0.05) is 0 Å². The summed E-state index contributed by atoms with van der Waals surface area (Å²) >= 11 is 0. The number of nitro groups is 4. The summed E-state index contributed by atoms with van der Waals surface area (Å²) in [5.41, 5.74) is 4.32. The highest BCUT2D eigenvalue weighted by Crippen LogP contribution is 2.32. The molecule has 31 heavy (non-hydrogen) atoms. The number of amides is 2. The second kappa shape index (κ2) is 12.8. The lowest BCUT2D eigenvalue weighted by molar-refractivity contribution is -0.742. The number of carbonyl (C=O) groups excluding carboxylic acids is 2. The number of anilines is 1. The number of aromatic nitrogens is 2.